The van der Waals surface area contributed by atoms with Crippen molar-refractivity contribution in [3.63, 3.8) is 0 Å². The van der Waals surface area contributed by atoms with Crippen LogP contribution in [0.4, 0.5) is 4.39 Å². The molecule has 0 heterocycles. The molecule has 0 bridgehead atoms. The number of ether oxygens (including phenoxy) is 1. The standard InChI is InChI=1S/C15H13Br2FO/c1-2-19-12-6-3-10(4-7-12)15(17)13-9-11(18)5-8-14(13)16/h3-9,15H,2H2,1H3. The molecule has 1 unspecified atom stereocenters. The van der Waals surface area contributed by atoms with E-state index in [9.17, 15) is 4.39 Å². The molecular weight excluding hydrogens is 375 g/mol. The van der Waals surface area contributed by atoms with Crippen molar-refractivity contribution in [2.45, 2.75) is 11.8 Å². The molecule has 0 aliphatic rings. The third-order valence-electron chi connectivity index (χ3n) is 2.71. The smallest absolute Gasteiger partial charge is 0.123 e. The number of rotatable bonds is 4. The molecule has 0 N–H and O–H groups in total. The average molecular weight is 388 g/mol. The van der Waals surface area contributed by atoms with Crippen molar-refractivity contribution in [1.29, 1.82) is 0 Å². The van der Waals surface area contributed by atoms with Crippen LogP contribution in [0, 0.1) is 5.82 Å². The number of benzene rings is 2. The second-order valence-electron chi connectivity index (χ2n) is 4.03. The Bertz CT molecular complexity index is 555. The molecule has 2 rings (SSSR count). The van der Waals surface area contributed by atoms with Gasteiger partial charge in [0, 0.05) is 4.47 Å². The lowest BCUT2D eigenvalue weighted by Crippen LogP contribution is -1.96. The first-order valence-electron chi connectivity index (χ1n) is 5.93. The quantitative estimate of drug-likeness (QED) is 0.632. The summed E-state index contributed by atoms with van der Waals surface area (Å²) in [5.74, 6) is 0.595. The van der Waals surface area contributed by atoms with Gasteiger partial charge in [-0.2, -0.15) is 0 Å². The first-order valence-corrected chi connectivity index (χ1v) is 7.64. The Balaban J connectivity index is 2.27. The summed E-state index contributed by atoms with van der Waals surface area (Å²) >= 11 is 7.05. The van der Waals surface area contributed by atoms with E-state index in [2.05, 4.69) is 31.9 Å². The fourth-order valence-corrected chi connectivity index (χ4v) is 3.25. The second kappa shape index (κ2) is 6.53. The molecule has 19 heavy (non-hydrogen) atoms. The Kier molecular flexibility index (Phi) is 4.99. The fourth-order valence-electron chi connectivity index (χ4n) is 1.79. The van der Waals surface area contributed by atoms with Crippen molar-refractivity contribution in [3.05, 3.63) is 63.9 Å². The molecule has 100 valence electrons. The van der Waals surface area contributed by atoms with Crippen LogP contribution in [0.2, 0.25) is 0 Å². The highest BCUT2D eigenvalue weighted by Gasteiger charge is 2.14. The Labute approximate surface area is 129 Å². The lowest BCUT2D eigenvalue weighted by atomic mass is 10.0. The molecular formula is C15H13Br2FO. The van der Waals surface area contributed by atoms with Crippen LogP contribution in [-0.2, 0) is 0 Å². The zero-order valence-electron chi connectivity index (χ0n) is 10.4. The van der Waals surface area contributed by atoms with E-state index in [0.29, 0.717) is 6.61 Å². The minimum atomic E-state index is -0.242. The summed E-state index contributed by atoms with van der Waals surface area (Å²) in [6, 6.07) is 12.5. The summed E-state index contributed by atoms with van der Waals surface area (Å²) in [4.78, 5) is -0.0618. The predicted molar refractivity (Wildman–Crippen MR) is 82.5 cm³/mol. The molecule has 1 nitrogen and oxygen atoms in total. The highest BCUT2D eigenvalue weighted by atomic mass is 79.9. The van der Waals surface area contributed by atoms with E-state index < -0.39 is 0 Å². The van der Waals surface area contributed by atoms with Crippen LogP contribution in [0.15, 0.2) is 46.9 Å². The summed E-state index contributed by atoms with van der Waals surface area (Å²) in [6.07, 6.45) is 0. The van der Waals surface area contributed by atoms with Crippen LogP contribution in [0.1, 0.15) is 22.9 Å². The van der Waals surface area contributed by atoms with E-state index >= 15 is 0 Å². The summed E-state index contributed by atoms with van der Waals surface area (Å²) < 4.78 is 19.6. The molecule has 0 amide bonds. The fraction of sp³-hybridized carbons (Fsp3) is 0.200. The van der Waals surface area contributed by atoms with E-state index in [1.807, 2.05) is 31.2 Å². The maximum Gasteiger partial charge on any atom is 0.123 e. The van der Waals surface area contributed by atoms with Gasteiger partial charge in [-0.15, -0.1) is 0 Å². The summed E-state index contributed by atoms with van der Waals surface area (Å²) in [5, 5.41) is 0. The van der Waals surface area contributed by atoms with Crippen molar-refractivity contribution in [3.8, 4) is 5.75 Å². The zero-order valence-corrected chi connectivity index (χ0v) is 13.5. The average Bonchev–Trinajstić information content (AvgIpc) is 2.42. The van der Waals surface area contributed by atoms with Gasteiger partial charge in [-0.05, 0) is 48.4 Å². The number of halogens is 3. The Morgan fingerprint density at radius 2 is 1.84 bits per heavy atom. The van der Waals surface area contributed by atoms with Gasteiger partial charge in [0.15, 0.2) is 0 Å². The van der Waals surface area contributed by atoms with Crippen molar-refractivity contribution in [1.82, 2.24) is 0 Å². The molecule has 2 aromatic carbocycles. The van der Waals surface area contributed by atoms with E-state index in [1.54, 1.807) is 6.07 Å². The van der Waals surface area contributed by atoms with Gasteiger partial charge < -0.3 is 4.74 Å². The molecule has 0 aromatic heterocycles. The molecule has 0 radical (unpaired) electrons. The Morgan fingerprint density at radius 1 is 1.16 bits per heavy atom. The van der Waals surface area contributed by atoms with Gasteiger partial charge >= 0.3 is 0 Å². The number of alkyl halides is 1. The maximum atomic E-state index is 13.3. The van der Waals surface area contributed by atoms with Crippen LogP contribution in [-0.4, -0.2) is 6.61 Å². The van der Waals surface area contributed by atoms with E-state index in [0.717, 1.165) is 21.3 Å². The normalized spacial score (nSPS) is 12.2. The van der Waals surface area contributed by atoms with Gasteiger partial charge in [0.25, 0.3) is 0 Å². The minimum Gasteiger partial charge on any atom is -0.494 e. The summed E-state index contributed by atoms with van der Waals surface area (Å²) in [5.41, 5.74) is 1.92. The van der Waals surface area contributed by atoms with Gasteiger partial charge in [0.1, 0.15) is 11.6 Å². The zero-order chi connectivity index (χ0) is 13.8. The lowest BCUT2D eigenvalue weighted by molar-refractivity contribution is 0.340. The molecule has 0 aliphatic heterocycles. The van der Waals surface area contributed by atoms with Crippen LogP contribution >= 0.6 is 31.9 Å². The third-order valence-corrected chi connectivity index (χ3v) is 4.46. The topological polar surface area (TPSA) is 9.23 Å². The second-order valence-corrected chi connectivity index (χ2v) is 5.80. The first-order chi connectivity index (χ1) is 9.11. The van der Waals surface area contributed by atoms with Crippen molar-refractivity contribution >= 4 is 31.9 Å². The van der Waals surface area contributed by atoms with Crippen LogP contribution in [0.5, 0.6) is 5.75 Å². The molecule has 0 saturated carbocycles. The van der Waals surface area contributed by atoms with E-state index in [-0.39, 0.29) is 10.6 Å². The Hall–Kier alpha value is -0.870. The molecule has 0 fully saturated rings. The number of hydrogen-bond donors (Lipinski definition) is 0. The highest BCUT2D eigenvalue weighted by Crippen LogP contribution is 2.36. The molecule has 4 heteroatoms. The van der Waals surface area contributed by atoms with Crippen LogP contribution in [0.3, 0.4) is 0 Å². The summed E-state index contributed by atoms with van der Waals surface area (Å²) in [6.45, 7) is 2.59. The Morgan fingerprint density at radius 3 is 2.47 bits per heavy atom. The van der Waals surface area contributed by atoms with Gasteiger partial charge in [0.2, 0.25) is 0 Å². The molecule has 0 spiro atoms. The molecule has 1 atom stereocenters. The van der Waals surface area contributed by atoms with Crippen LogP contribution < -0.4 is 4.74 Å². The van der Waals surface area contributed by atoms with Crippen molar-refractivity contribution < 1.29 is 9.13 Å². The van der Waals surface area contributed by atoms with Gasteiger partial charge in [0.05, 0.1) is 11.4 Å². The van der Waals surface area contributed by atoms with E-state index in [1.165, 1.54) is 12.1 Å². The van der Waals surface area contributed by atoms with Gasteiger partial charge in [-0.3, -0.25) is 0 Å². The largest absolute Gasteiger partial charge is 0.494 e. The maximum absolute atomic E-state index is 13.3. The van der Waals surface area contributed by atoms with Crippen molar-refractivity contribution in [2.24, 2.45) is 0 Å². The van der Waals surface area contributed by atoms with Gasteiger partial charge in [-0.25, -0.2) is 4.39 Å². The molecule has 0 saturated heterocycles. The molecule has 2 aromatic rings. The number of hydrogen-bond acceptors (Lipinski definition) is 1. The first kappa shape index (κ1) is 14.5. The minimum absolute atomic E-state index is 0.0618. The molecule has 0 aliphatic carbocycles. The SMILES string of the molecule is CCOc1ccc(C(Br)c2cc(F)ccc2Br)cc1. The summed E-state index contributed by atoms with van der Waals surface area (Å²) in [7, 11) is 0. The van der Waals surface area contributed by atoms with Crippen molar-refractivity contribution in [2.75, 3.05) is 6.61 Å². The predicted octanol–water partition coefficient (Wildman–Crippen LogP) is 5.47. The highest BCUT2D eigenvalue weighted by molar-refractivity contribution is 9.11. The van der Waals surface area contributed by atoms with E-state index in [4.69, 9.17) is 4.74 Å². The third kappa shape index (κ3) is 3.57. The van der Waals surface area contributed by atoms with Crippen LogP contribution in [0.25, 0.3) is 0 Å². The monoisotopic (exact) mass is 386 g/mol. The van der Waals surface area contributed by atoms with Gasteiger partial charge in [-0.1, -0.05) is 44.0 Å². The lowest BCUT2D eigenvalue weighted by Gasteiger charge is -2.13.